The van der Waals surface area contributed by atoms with Gasteiger partial charge in [-0.25, -0.2) is 4.98 Å². The number of hydrogen-bond donors (Lipinski definition) is 0. The second-order valence-electron chi connectivity index (χ2n) is 12.3. The van der Waals surface area contributed by atoms with Crippen molar-refractivity contribution in [2.24, 2.45) is 0 Å². The molecule has 4 nitrogen and oxygen atoms in total. The summed E-state index contributed by atoms with van der Waals surface area (Å²) in [4.78, 5) is 4.97. The Labute approximate surface area is 267 Å². The Bertz CT molecular complexity index is 2960. The molecular formula is C43H24N2O2. The summed E-state index contributed by atoms with van der Waals surface area (Å²) in [5.41, 5.74) is 7.61. The first kappa shape index (κ1) is 24.9. The van der Waals surface area contributed by atoms with E-state index in [4.69, 9.17) is 13.8 Å². The molecular weight excluding hydrogens is 576 g/mol. The number of oxazole rings is 1. The lowest BCUT2D eigenvalue weighted by Gasteiger charge is -2.09. The van der Waals surface area contributed by atoms with Crippen molar-refractivity contribution >= 4 is 87.2 Å². The topological polar surface area (TPSA) is 44.1 Å². The van der Waals surface area contributed by atoms with Crippen LogP contribution in [0.15, 0.2) is 154 Å². The number of furan rings is 1. The summed E-state index contributed by atoms with van der Waals surface area (Å²) in [6.07, 6.45) is 0. The normalized spacial score (nSPS) is 12.3. The lowest BCUT2D eigenvalue weighted by atomic mass is 9.98. The first-order valence-electron chi connectivity index (χ1n) is 15.9. The van der Waals surface area contributed by atoms with E-state index in [1.807, 2.05) is 24.3 Å². The Morgan fingerprint density at radius 1 is 0.426 bits per heavy atom. The number of fused-ring (bicyclic) bond motifs is 12. The minimum absolute atomic E-state index is 0.593. The van der Waals surface area contributed by atoms with Crippen molar-refractivity contribution in [2.45, 2.75) is 0 Å². The average Bonchev–Trinajstić information content (AvgIpc) is 3.82. The molecule has 0 aliphatic rings. The second-order valence-corrected chi connectivity index (χ2v) is 12.3. The molecule has 0 atom stereocenters. The van der Waals surface area contributed by atoms with Gasteiger partial charge in [-0.15, -0.1) is 0 Å². The summed E-state index contributed by atoms with van der Waals surface area (Å²) >= 11 is 0. The van der Waals surface area contributed by atoms with Crippen LogP contribution < -0.4 is 0 Å². The van der Waals surface area contributed by atoms with E-state index in [1.54, 1.807) is 0 Å². The maximum absolute atomic E-state index is 6.58. The molecule has 218 valence electrons. The van der Waals surface area contributed by atoms with Crippen LogP contribution in [0.5, 0.6) is 0 Å². The lowest BCUT2D eigenvalue weighted by Crippen LogP contribution is -1.93. The molecule has 3 aromatic heterocycles. The van der Waals surface area contributed by atoms with Gasteiger partial charge in [0.25, 0.3) is 0 Å². The highest BCUT2D eigenvalue weighted by molar-refractivity contribution is 6.28. The molecule has 0 saturated carbocycles. The second kappa shape index (κ2) is 9.09. The number of hydrogen-bond acceptors (Lipinski definition) is 3. The van der Waals surface area contributed by atoms with Gasteiger partial charge in [0.1, 0.15) is 16.7 Å². The number of para-hydroxylation sites is 2. The molecule has 0 unspecified atom stereocenters. The maximum atomic E-state index is 6.58. The Kier molecular flexibility index (Phi) is 4.81. The van der Waals surface area contributed by atoms with Crippen LogP contribution in [-0.2, 0) is 0 Å². The summed E-state index contributed by atoms with van der Waals surface area (Å²) in [6, 6.07) is 51.4. The zero-order valence-corrected chi connectivity index (χ0v) is 25.1. The van der Waals surface area contributed by atoms with Crippen LogP contribution in [0.3, 0.4) is 0 Å². The molecule has 0 aliphatic heterocycles. The fourth-order valence-corrected chi connectivity index (χ4v) is 7.76. The molecule has 0 fully saturated rings. The number of benzene rings is 8. The summed E-state index contributed by atoms with van der Waals surface area (Å²) in [7, 11) is 0. The van der Waals surface area contributed by atoms with E-state index in [0.29, 0.717) is 5.89 Å². The van der Waals surface area contributed by atoms with Gasteiger partial charge in [0.15, 0.2) is 5.58 Å². The summed E-state index contributed by atoms with van der Waals surface area (Å²) in [5, 5.41) is 11.7. The third kappa shape index (κ3) is 3.39. The molecule has 11 rings (SSSR count). The van der Waals surface area contributed by atoms with Crippen LogP contribution in [-0.4, -0.2) is 9.55 Å². The fourth-order valence-electron chi connectivity index (χ4n) is 7.76. The predicted octanol–water partition coefficient (Wildman–Crippen LogP) is 12.0. The highest BCUT2D eigenvalue weighted by Crippen LogP contribution is 2.44. The Hall–Kier alpha value is -6.39. The van der Waals surface area contributed by atoms with E-state index < -0.39 is 0 Å². The Balaban J connectivity index is 1.28. The summed E-state index contributed by atoms with van der Waals surface area (Å²) < 4.78 is 15.4. The van der Waals surface area contributed by atoms with Gasteiger partial charge < -0.3 is 13.4 Å². The number of nitrogens with zero attached hydrogens (tertiary/aromatic N) is 2. The van der Waals surface area contributed by atoms with Crippen LogP contribution in [0.1, 0.15) is 0 Å². The van der Waals surface area contributed by atoms with E-state index in [-0.39, 0.29) is 0 Å². The molecule has 47 heavy (non-hydrogen) atoms. The molecule has 3 heterocycles. The van der Waals surface area contributed by atoms with Crippen molar-refractivity contribution in [1.82, 2.24) is 9.55 Å². The Morgan fingerprint density at radius 3 is 1.79 bits per heavy atom. The molecule has 11 aromatic rings. The predicted molar refractivity (Wildman–Crippen MR) is 194 cm³/mol. The lowest BCUT2D eigenvalue weighted by molar-refractivity contribution is 0.621. The van der Waals surface area contributed by atoms with Crippen molar-refractivity contribution in [3.8, 4) is 17.1 Å². The van der Waals surface area contributed by atoms with Gasteiger partial charge in [0.2, 0.25) is 5.89 Å². The number of rotatable bonds is 2. The highest BCUT2D eigenvalue weighted by atomic mass is 16.3. The number of aromatic nitrogens is 2. The van der Waals surface area contributed by atoms with Gasteiger partial charge >= 0.3 is 0 Å². The third-order valence-electron chi connectivity index (χ3n) is 9.78. The SMILES string of the molecule is c1ccc2c(-c3nc4ccccc4o3)c3c(cc2c1)oc1ccc(-n2c4ccc5ccccc5c4c4c5ccccc5ccc42)cc13. The van der Waals surface area contributed by atoms with Crippen molar-refractivity contribution in [1.29, 1.82) is 0 Å². The van der Waals surface area contributed by atoms with E-state index in [1.165, 1.54) is 43.4 Å². The molecule has 0 N–H and O–H groups in total. The highest BCUT2D eigenvalue weighted by Gasteiger charge is 2.22. The van der Waals surface area contributed by atoms with Crippen molar-refractivity contribution in [3.63, 3.8) is 0 Å². The van der Waals surface area contributed by atoms with Gasteiger partial charge in [-0.2, -0.15) is 0 Å². The molecule has 0 saturated heterocycles. The summed E-state index contributed by atoms with van der Waals surface area (Å²) in [5.74, 6) is 0.593. The van der Waals surface area contributed by atoms with Gasteiger partial charge in [-0.05, 0) is 80.8 Å². The van der Waals surface area contributed by atoms with Crippen molar-refractivity contribution < 1.29 is 8.83 Å². The minimum Gasteiger partial charge on any atom is -0.456 e. The molecule has 0 spiro atoms. The van der Waals surface area contributed by atoms with Gasteiger partial charge in [0, 0.05) is 27.2 Å². The zero-order valence-electron chi connectivity index (χ0n) is 25.1. The maximum Gasteiger partial charge on any atom is 0.228 e. The monoisotopic (exact) mass is 600 g/mol. The van der Waals surface area contributed by atoms with Crippen LogP contribution >= 0.6 is 0 Å². The molecule has 0 radical (unpaired) electrons. The Morgan fingerprint density at radius 2 is 1.06 bits per heavy atom. The average molecular weight is 601 g/mol. The van der Waals surface area contributed by atoms with E-state index in [0.717, 1.165) is 55.1 Å². The van der Waals surface area contributed by atoms with Crippen LogP contribution in [0.4, 0.5) is 0 Å². The van der Waals surface area contributed by atoms with E-state index >= 15 is 0 Å². The third-order valence-corrected chi connectivity index (χ3v) is 9.78. The quantitative estimate of drug-likeness (QED) is 0.198. The van der Waals surface area contributed by atoms with Gasteiger partial charge in [0.05, 0.1) is 16.6 Å². The largest absolute Gasteiger partial charge is 0.456 e. The molecule has 0 amide bonds. The van der Waals surface area contributed by atoms with Crippen LogP contribution in [0, 0.1) is 0 Å². The van der Waals surface area contributed by atoms with Crippen molar-refractivity contribution in [3.05, 3.63) is 146 Å². The smallest absolute Gasteiger partial charge is 0.228 e. The van der Waals surface area contributed by atoms with E-state index in [2.05, 4.69) is 126 Å². The van der Waals surface area contributed by atoms with Gasteiger partial charge in [-0.1, -0.05) is 97.1 Å². The standard InChI is InChI=1S/C43H24N2O2/c1-4-12-29-25(9-1)17-20-34-39(29)40-30-13-5-2-10-26(30)18-21-35(40)45(34)28-19-22-36-32(24-28)41-38(46-36)23-27-11-3-6-14-31(27)42(41)43-44-33-15-7-8-16-37(33)47-43/h1-24H. The van der Waals surface area contributed by atoms with E-state index in [9.17, 15) is 0 Å². The van der Waals surface area contributed by atoms with Gasteiger partial charge in [-0.3, -0.25) is 0 Å². The zero-order chi connectivity index (χ0) is 30.6. The van der Waals surface area contributed by atoms with Crippen LogP contribution in [0.25, 0.3) is 104 Å². The molecule has 4 heteroatoms. The first-order valence-corrected chi connectivity index (χ1v) is 15.9. The van der Waals surface area contributed by atoms with Crippen LogP contribution in [0.2, 0.25) is 0 Å². The van der Waals surface area contributed by atoms with Crippen molar-refractivity contribution in [2.75, 3.05) is 0 Å². The summed E-state index contributed by atoms with van der Waals surface area (Å²) in [6.45, 7) is 0. The molecule has 8 aromatic carbocycles. The fraction of sp³-hybridized carbons (Fsp3) is 0. The minimum atomic E-state index is 0.593. The first-order chi connectivity index (χ1) is 23.3. The molecule has 0 aliphatic carbocycles. The molecule has 0 bridgehead atoms.